The molecule has 3 aromatic rings. The molecule has 14 heteroatoms. The van der Waals surface area contributed by atoms with Gasteiger partial charge in [0.05, 0.1) is 25.9 Å². The van der Waals surface area contributed by atoms with Gasteiger partial charge in [0.1, 0.15) is 36.6 Å². The number of hydrogen-bond donors (Lipinski definition) is 1. The molecule has 3 saturated heterocycles. The minimum absolute atomic E-state index is 0.162. The van der Waals surface area contributed by atoms with Gasteiger partial charge in [0.15, 0.2) is 25.0 Å². The van der Waals surface area contributed by atoms with Gasteiger partial charge in [-0.1, -0.05) is 103 Å². The molecule has 54 heavy (non-hydrogen) atoms. The van der Waals surface area contributed by atoms with Gasteiger partial charge in [-0.2, -0.15) is 0 Å². The Labute approximate surface area is 315 Å². The standard InChI is InChI=1S/C40H49N3O11/c1-26-33(47-23-28-15-7-3-8-16-28)32(45)35(51-27(2)44)40(50-26)54-36-34-31(25-49-38(53-34)30-19-11-5-12-20-30)52-39(46-22-14-6-13-21-42-43-41)37(36)48-24-29-17-9-4-10-18-29/h3-5,7-12,15-20,26,31-40,45H,6,13-14,21-25H2,1-2H3/t26-,31+,32+,33+,34+,35+,36-,37+,38+,39+,40-/m0/s1. The summed E-state index contributed by atoms with van der Waals surface area (Å²) in [6.07, 6.45) is -7.94. The molecule has 14 nitrogen and oxygen atoms in total. The van der Waals surface area contributed by atoms with Gasteiger partial charge in [-0.05, 0) is 36.4 Å². The van der Waals surface area contributed by atoms with Crippen molar-refractivity contribution in [3.05, 3.63) is 118 Å². The van der Waals surface area contributed by atoms with Gasteiger partial charge in [-0.3, -0.25) is 4.79 Å². The topological polar surface area (TPSA) is 169 Å². The Kier molecular flexibility index (Phi) is 14.8. The highest BCUT2D eigenvalue weighted by molar-refractivity contribution is 5.66. The van der Waals surface area contributed by atoms with Crippen LogP contribution >= 0.6 is 0 Å². The van der Waals surface area contributed by atoms with Crippen LogP contribution in [-0.4, -0.2) is 92.2 Å². The molecule has 1 N–H and O–H groups in total. The van der Waals surface area contributed by atoms with Crippen LogP contribution in [0.15, 0.2) is 96.1 Å². The van der Waals surface area contributed by atoms with Gasteiger partial charge >= 0.3 is 5.97 Å². The maximum absolute atomic E-state index is 12.5. The van der Waals surface area contributed by atoms with E-state index in [4.69, 9.17) is 48.2 Å². The first-order valence-electron chi connectivity index (χ1n) is 18.5. The molecule has 0 aromatic heterocycles. The average Bonchev–Trinajstić information content (AvgIpc) is 3.19. The van der Waals surface area contributed by atoms with Crippen LogP contribution in [0.5, 0.6) is 0 Å². The summed E-state index contributed by atoms with van der Waals surface area (Å²) in [5.74, 6) is -0.623. The Balaban J connectivity index is 1.27. The van der Waals surface area contributed by atoms with Gasteiger partial charge in [-0.25, -0.2) is 0 Å². The molecule has 6 rings (SSSR count). The zero-order valence-corrected chi connectivity index (χ0v) is 30.5. The largest absolute Gasteiger partial charge is 0.454 e. The number of azide groups is 1. The van der Waals surface area contributed by atoms with Crippen LogP contribution in [0.3, 0.4) is 0 Å². The number of esters is 1. The molecule has 3 aromatic carbocycles. The molecular weight excluding hydrogens is 698 g/mol. The molecule has 3 aliphatic rings. The number of nitrogens with zero attached hydrogens (tertiary/aromatic N) is 3. The summed E-state index contributed by atoms with van der Waals surface area (Å²) < 4.78 is 57.4. The number of unbranched alkanes of at least 4 members (excludes halogenated alkanes) is 2. The normalized spacial score (nSPS) is 30.8. The number of aliphatic hydroxyl groups excluding tert-OH is 1. The van der Waals surface area contributed by atoms with E-state index in [2.05, 4.69) is 10.0 Å². The predicted molar refractivity (Wildman–Crippen MR) is 193 cm³/mol. The zero-order chi connectivity index (χ0) is 37.7. The molecular formula is C40H49N3O11. The summed E-state index contributed by atoms with van der Waals surface area (Å²) in [6, 6.07) is 28.8. The minimum Gasteiger partial charge on any atom is -0.454 e. The van der Waals surface area contributed by atoms with Crippen molar-refractivity contribution in [3.8, 4) is 0 Å². The lowest BCUT2D eigenvalue weighted by atomic mass is 9.95. The van der Waals surface area contributed by atoms with Crippen LogP contribution in [0.1, 0.15) is 56.1 Å². The van der Waals surface area contributed by atoms with Crippen molar-refractivity contribution in [2.75, 3.05) is 19.8 Å². The van der Waals surface area contributed by atoms with Crippen molar-refractivity contribution in [3.63, 3.8) is 0 Å². The smallest absolute Gasteiger partial charge is 0.303 e. The lowest BCUT2D eigenvalue weighted by Gasteiger charge is -2.51. The summed E-state index contributed by atoms with van der Waals surface area (Å²) in [6.45, 7) is 4.35. The Morgan fingerprint density at radius 1 is 0.796 bits per heavy atom. The highest BCUT2D eigenvalue weighted by atomic mass is 16.8. The van der Waals surface area contributed by atoms with Crippen molar-refractivity contribution in [1.29, 1.82) is 0 Å². The van der Waals surface area contributed by atoms with Crippen LogP contribution in [-0.2, 0) is 60.6 Å². The van der Waals surface area contributed by atoms with Crippen molar-refractivity contribution in [2.24, 2.45) is 5.11 Å². The maximum Gasteiger partial charge on any atom is 0.303 e. The fourth-order valence-corrected chi connectivity index (χ4v) is 6.84. The zero-order valence-electron chi connectivity index (χ0n) is 30.5. The lowest BCUT2D eigenvalue weighted by Crippen LogP contribution is -2.67. The van der Waals surface area contributed by atoms with E-state index in [1.807, 2.05) is 91.0 Å². The van der Waals surface area contributed by atoms with Gasteiger partial charge in [-0.15, -0.1) is 0 Å². The van der Waals surface area contributed by atoms with Gasteiger partial charge in [0, 0.05) is 30.6 Å². The molecule has 0 aliphatic carbocycles. The highest BCUT2D eigenvalue weighted by Crippen LogP contribution is 2.39. The molecule has 0 spiro atoms. The summed E-state index contributed by atoms with van der Waals surface area (Å²) in [5.41, 5.74) is 11.2. The summed E-state index contributed by atoms with van der Waals surface area (Å²) in [4.78, 5) is 15.3. The molecule has 0 bridgehead atoms. The van der Waals surface area contributed by atoms with Gasteiger partial charge < -0.3 is 47.7 Å². The molecule has 0 saturated carbocycles. The van der Waals surface area contributed by atoms with Gasteiger partial charge in [0.25, 0.3) is 0 Å². The Morgan fingerprint density at radius 3 is 2.09 bits per heavy atom. The van der Waals surface area contributed by atoms with E-state index < -0.39 is 73.7 Å². The lowest BCUT2D eigenvalue weighted by molar-refractivity contribution is -0.396. The van der Waals surface area contributed by atoms with Crippen LogP contribution in [0, 0.1) is 0 Å². The van der Waals surface area contributed by atoms with E-state index in [0.29, 0.717) is 19.6 Å². The molecule has 11 atom stereocenters. The molecule has 0 radical (unpaired) electrons. The second-order valence-electron chi connectivity index (χ2n) is 13.5. The Hall–Kier alpha value is -3.92. The van der Waals surface area contributed by atoms with Crippen LogP contribution in [0.4, 0.5) is 0 Å². The van der Waals surface area contributed by atoms with E-state index in [1.54, 1.807) is 6.92 Å². The van der Waals surface area contributed by atoms with E-state index in [9.17, 15) is 9.90 Å². The summed E-state index contributed by atoms with van der Waals surface area (Å²) in [5, 5.41) is 15.3. The highest BCUT2D eigenvalue weighted by Gasteiger charge is 2.55. The third kappa shape index (κ3) is 10.6. The molecule has 3 aliphatic heterocycles. The van der Waals surface area contributed by atoms with Crippen LogP contribution < -0.4 is 0 Å². The fraction of sp³-hybridized carbons (Fsp3) is 0.525. The van der Waals surface area contributed by atoms with E-state index in [-0.39, 0.29) is 19.8 Å². The van der Waals surface area contributed by atoms with Crippen molar-refractivity contribution in [1.82, 2.24) is 0 Å². The predicted octanol–water partition coefficient (Wildman–Crippen LogP) is 5.92. The maximum atomic E-state index is 12.5. The SMILES string of the molecule is CC(=O)O[C@H]1[C@H](O[C@@H]2[C@@H](OCc3ccccc3)[C@H](OCCCCCN=[N+]=[N-])O[C@@H]3CO[C@@H](c4ccccc4)O[C@@H]23)O[C@@H](C)[C@@H](OCc2ccccc2)[C@H]1O. The monoisotopic (exact) mass is 747 g/mol. The molecule has 290 valence electrons. The number of carbonyl (C=O) groups is 1. The summed E-state index contributed by atoms with van der Waals surface area (Å²) >= 11 is 0. The average molecular weight is 748 g/mol. The molecule has 3 heterocycles. The van der Waals surface area contributed by atoms with E-state index in [1.165, 1.54) is 6.92 Å². The fourth-order valence-electron chi connectivity index (χ4n) is 6.84. The first-order valence-corrected chi connectivity index (χ1v) is 18.5. The summed E-state index contributed by atoms with van der Waals surface area (Å²) in [7, 11) is 0. The third-order valence-corrected chi connectivity index (χ3v) is 9.52. The second-order valence-corrected chi connectivity index (χ2v) is 13.5. The van der Waals surface area contributed by atoms with Crippen molar-refractivity contribution in [2.45, 2.75) is 114 Å². The van der Waals surface area contributed by atoms with E-state index in [0.717, 1.165) is 29.5 Å². The number of benzene rings is 3. The third-order valence-electron chi connectivity index (χ3n) is 9.52. The quantitative estimate of drug-likeness (QED) is 0.0572. The number of fused-ring (bicyclic) bond motifs is 1. The first-order chi connectivity index (χ1) is 26.4. The Bertz CT molecular complexity index is 1620. The van der Waals surface area contributed by atoms with Crippen molar-refractivity contribution < 1.29 is 52.5 Å². The number of aliphatic hydroxyl groups is 1. The van der Waals surface area contributed by atoms with Crippen LogP contribution in [0.25, 0.3) is 10.4 Å². The second kappa shape index (κ2) is 20.1. The molecule has 0 amide bonds. The van der Waals surface area contributed by atoms with Crippen LogP contribution in [0.2, 0.25) is 0 Å². The van der Waals surface area contributed by atoms with Crippen molar-refractivity contribution >= 4 is 5.97 Å². The molecule has 3 fully saturated rings. The number of ether oxygens (including phenoxy) is 9. The number of rotatable bonds is 17. The molecule has 0 unspecified atom stereocenters. The van der Waals surface area contributed by atoms with Gasteiger partial charge in [0.2, 0.25) is 0 Å². The first kappa shape index (κ1) is 39.8. The Morgan fingerprint density at radius 2 is 1.44 bits per heavy atom. The number of carbonyl (C=O) groups excluding carboxylic acids is 1. The number of hydrogen-bond acceptors (Lipinski definition) is 12. The minimum atomic E-state index is -1.30. The van der Waals surface area contributed by atoms with E-state index >= 15 is 0 Å².